The van der Waals surface area contributed by atoms with Crippen LogP contribution in [0, 0.1) is 0 Å². The molecule has 0 rings (SSSR count). The van der Waals surface area contributed by atoms with Gasteiger partial charge in [0.15, 0.2) is 0 Å². The molecule has 0 saturated heterocycles. The Labute approximate surface area is 43.1 Å². The summed E-state index contributed by atoms with van der Waals surface area (Å²) in [6.45, 7) is 1.72. The predicted molar refractivity (Wildman–Crippen MR) is 26.1 cm³/mol. The summed E-state index contributed by atoms with van der Waals surface area (Å²) in [6.07, 6.45) is 0. The lowest BCUT2D eigenvalue weighted by molar-refractivity contribution is -0.108. The van der Waals surface area contributed by atoms with Gasteiger partial charge in [0.25, 0.3) is 0 Å². The summed E-state index contributed by atoms with van der Waals surface area (Å²) in [5, 5.41) is 17.8. The number of hydroxylamine groups is 2. The molecule has 0 aromatic heterocycles. The molecule has 1 unspecified atom stereocenters. The number of aliphatic hydroxyl groups is 1. The van der Waals surface area contributed by atoms with Crippen molar-refractivity contribution in [3.05, 3.63) is 0 Å². The first-order chi connectivity index (χ1) is 3.18. The molecule has 0 bridgehead atoms. The van der Waals surface area contributed by atoms with E-state index in [2.05, 4.69) is 0 Å². The molecule has 0 spiro atoms. The van der Waals surface area contributed by atoms with Crippen LogP contribution in [0.15, 0.2) is 0 Å². The molecule has 0 aliphatic rings. The average Bonchev–Trinajstić information content (AvgIpc) is 1.65. The van der Waals surface area contributed by atoms with E-state index in [1.54, 1.807) is 6.92 Å². The van der Waals surface area contributed by atoms with Gasteiger partial charge in [0.2, 0.25) is 0 Å². The summed E-state index contributed by atoms with van der Waals surface area (Å²) in [5.74, 6) is 0. The van der Waals surface area contributed by atoms with Gasteiger partial charge in [0.05, 0.1) is 12.6 Å². The van der Waals surface area contributed by atoms with Crippen LogP contribution < -0.4 is 0 Å². The minimum atomic E-state index is -0.153. The smallest absolute Gasteiger partial charge is 0.0607 e. The summed E-state index contributed by atoms with van der Waals surface area (Å²) in [4.78, 5) is 0. The van der Waals surface area contributed by atoms with Crippen LogP contribution in [0.5, 0.6) is 0 Å². The molecule has 0 aliphatic heterocycles. The second-order valence-corrected chi connectivity index (χ2v) is 1.61. The highest BCUT2D eigenvalue weighted by molar-refractivity contribution is 4.48. The summed E-state index contributed by atoms with van der Waals surface area (Å²) >= 11 is 0. The van der Waals surface area contributed by atoms with Crippen LogP contribution in [-0.2, 0) is 0 Å². The molecule has 0 aromatic carbocycles. The van der Waals surface area contributed by atoms with Gasteiger partial charge in [-0.05, 0) is 6.92 Å². The van der Waals surface area contributed by atoms with E-state index in [0.717, 1.165) is 5.06 Å². The van der Waals surface area contributed by atoms with E-state index in [9.17, 15) is 0 Å². The summed E-state index contributed by atoms with van der Waals surface area (Å²) in [6, 6.07) is -0.153. The molecule has 0 fully saturated rings. The molecule has 3 heteroatoms. The molecule has 0 aromatic rings. The molecular weight excluding hydrogens is 94.0 g/mol. The van der Waals surface area contributed by atoms with Crippen molar-refractivity contribution < 1.29 is 10.3 Å². The molecule has 0 heterocycles. The van der Waals surface area contributed by atoms with Crippen molar-refractivity contribution in [1.82, 2.24) is 5.06 Å². The second-order valence-electron chi connectivity index (χ2n) is 1.61. The lowest BCUT2D eigenvalue weighted by atomic mass is 10.4. The van der Waals surface area contributed by atoms with Gasteiger partial charge >= 0.3 is 0 Å². The zero-order valence-electron chi connectivity index (χ0n) is 4.63. The first kappa shape index (κ1) is 6.88. The maximum absolute atomic E-state index is 8.49. The van der Waals surface area contributed by atoms with Crippen LogP contribution >= 0.6 is 0 Å². The molecule has 3 nitrogen and oxygen atoms in total. The van der Waals surface area contributed by atoms with Gasteiger partial charge in [-0.3, -0.25) is 0 Å². The number of likely N-dealkylation sites (N-methyl/N-ethyl adjacent to an activating group) is 1. The first-order valence-corrected chi connectivity index (χ1v) is 2.21. The number of hydrogen-bond acceptors (Lipinski definition) is 3. The highest BCUT2D eigenvalue weighted by Crippen LogP contribution is 1.85. The molecule has 0 amide bonds. The summed E-state index contributed by atoms with van der Waals surface area (Å²) in [5.41, 5.74) is 0. The Kier molecular flexibility index (Phi) is 2.91. The Morgan fingerprint density at radius 3 is 2.14 bits per heavy atom. The lowest BCUT2D eigenvalue weighted by Crippen LogP contribution is -2.28. The standard InChI is InChI=1S/C4H11NO2/c1-4(3-6)5(2)7/h4,6-7H,3H2,1-2H3. The minimum Gasteiger partial charge on any atom is -0.395 e. The van der Waals surface area contributed by atoms with Gasteiger partial charge in [0, 0.05) is 7.05 Å². The van der Waals surface area contributed by atoms with Crippen molar-refractivity contribution in [2.75, 3.05) is 13.7 Å². The number of nitrogens with zero attached hydrogens (tertiary/aromatic N) is 1. The van der Waals surface area contributed by atoms with Gasteiger partial charge in [-0.1, -0.05) is 0 Å². The first-order valence-electron chi connectivity index (χ1n) is 2.21. The number of rotatable bonds is 2. The highest BCUT2D eigenvalue weighted by atomic mass is 16.5. The fourth-order valence-electron chi connectivity index (χ4n) is 0.118. The fourth-order valence-corrected chi connectivity index (χ4v) is 0.118. The van der Waals surface area contributed by atoms with Crippen LogP contribution in [0.4, 0.5) is 0 Å². The lowest BCUT2D eigenvalue weighted by Gasteiger charge is -2.13. The highest BCUT2D eigenvalue weighted by Gasteiger charge is 2.00. The molecule has 1 atom stereocenters. The Balaban J connectivity index is 3.14. The van der Waals surface area contributed by atoms with Crippen molar-refractivity contribution in [2.24, 2.45) is 0 Å². The van der Waals surface area contributed by atoms with Gasteiger partial charge < -0.3 is 10.3 Å². The third-order valence-electron chi connectivity index (χ3n) is 0.902. The average molecular weight is 105 g/mol. The Hall–Kier alpha value is -0.120. The molecule has 0 radical (unpaired) electrons. The van der Waals surface area contributed by atoms with Crippen LogP contribution in [0.1, 0.15) is 6.92 Å². The zero-order valence-corrected chi connectivity index (χ0v) is 4.63. The Morgan fingerprint density at radius 1 is 1.71 bits per heavy atom. The topological polar surface area (TPSA) is 43.7 Å². The van der Waals surface area contributed by atoms with Crippen molar-refractivity contribution in [3.8, 4) is 0 Å². The Bertz CT molecular complexity index is 47.0. The summed E-state index contributed by atoms with van der Waals surface area (Å²) in [7, 11) is 1.50. The molecular formula is C4H11NO2. The van der Waals surface area contributed by atoms with Crippen LogP contribution in [0.25, 0.3) is 0 Å². The third kappa shape index (κ3) is 2.56. The van der Waals surface area contributed by atoms with Gasteiger partial charge in [-0.15, -0.1) is 0 Å². The van der Waals surface area contributed by atoms with E-state index >= 15 is 0 Å². The number of aliphatic hydroxyl groups excluding tert-OH is 1. The van der Waals surface area contributed by atoms with E-state index in [-0.39, 0.29) is 12.6 Å². The number of hydrogen-bond donors (Lipinski definition) is 2. The van der Waals surface area contributed by atoms with Crippen LogP contribution in [0.2, 0.25) is 0 Å². The van der Waals surface area contributed by atoms with E-state index in [0.29, 0.717) is 0 Å². The zero-order chi connectivity index (χ0) is 5.86. The van der Waals surface area contributed by atoms with E-state index < -0.39 is 0 Å². The van der Waals surface area contributed by atoms with E-state index in [1.165, 1.54) is 7.05 Å². The fraction of sp³-hybridized carbons (Fsp3) is 1.00. The van der Waals surface area contributed by atoms with Crippen LogP contribution in [-0.4, -0.2) is 35.1 Å². The quantitative estimate of drug-likeness (QED) is 0.473. The van der Waals surface area contributed by atoms with Gasteiger partial charge in [-0.2, -0.15) is 5.06 Å². The van der Waals surface area contributed by atoms with Crippen molar-refractivity contribution in [1.29, 1.82) is 0 Å². The molecule has 7 heavy (non-hydrogen) atoms. The Morgan fingerprint density at radius 2 is 2.14 bits per heavy atom. The maximum atomic E-state index is 8.49. The van der Waals surface area contributed by atoms with Crippen molar-refractivity contribution in [2.45, 2.75) is 13.0 Å². The van der Waals surface area contributed by atoms with E-state index in [4.69, 9.17) is 10.3 Å². The van der Waals surface area contributed by atoms with Crippen molar-refractivity contribution in [3.63, 3.8) is 0 Å². The molecule has 0 saturated carbocycles. The molecule has 44 valence electrons. The van der Waals surface area contributed by atoms with Crippen LogP contribution in [0.3, 0.4) is 0 Å². The predicted octanol–water partition coefficient (Wildman–Crippen LogP) is -0.312. The van der Waals surface area contributed by atoms with Gasteiger partial charge in [0.1, 0.15) is 0 Å². The summed E-state index contributed by atoms with van der Waals surface area (Å²) < 4.78 is 0. The minimum absolute atomic E-state index is 0.00694. The monoisotopic (exact) mass is 105 g/mol. The largest absolute Gasteiger partial charge is 0.395 e. The molecule has 0 aliphatic carbocycles. The second kappa shape index (κ2) is 2.96. The SMILES string of the molecule is CC(CO)N(C)O. The maximum Gasteiger partial charge on any atom is 0.0607 e. The van der Waals surface area contributed by atoms with Gasteiger partial charge in [-0.25, -0.2) is 0 Å². The van der Waals surface area contributed by atoms with Crippen molar-refractivity contribution >= 4 is 0 Å². The molecule has 2 N–H and O–H groups in total. The third-order valence-corrected chi connectivity index (χ3v) is 0.902. The normalized spacial score (nSPS) is 15.0. The van der Waals surface area contributed by atoms with E-state index in [1.807, 2.05) is 0 Å².